The Hall–Kier alpha value is -3.15. The number of carbonyl (C=O) groups excluding carboxylic acids is 1. The molecule has 1 saturated heterocycles. The van der Waals surface area contributed by atoms with Gasteiger partial charge in [0.2, 0.25) is 11.5 Å². The summed E-state index contributed by atoms with van der Waals surface area (Å²) in [6, 6.07) is 12.9. The fourth-order valence-corrected chi connectivity index (χ4v) is 3.80. The Morgan fingerprint density at radius 1 is 1.19 bits per heavy atom. The van der Waals surface area contributed by atoms with Crippen LogP contribution in [0.4, 0.5) is 5.82 Å². The van der Waals surface area contributed by atoms with E-state index in [9.17, 15) is 9.59 Å². The number of nitrogens with one attached hydrogen (secondary N) is 1. The number of fused-ring (bicyclic) bond motifs is 1. The van der Waals surface area contributed by atoms with E-state index in [-0.39, 0.29) is 5.56 Å². The summed E-state index contributed by atoms with van der Waals surface area (Å²) in [6.45, 7) is 1.77. The Balaban J connectivity index is 1.50. The smallest absolute Gasteiger partial charge is 0.249 e. The van der Waals surface area contributed by atoms with Crippen molar-refractivity contribution in [1.29, 1.82) is 0 Å². The summed E-state index contributed by atoms with van der Waals surface area (Å²) in [6.07, 6.45) is 4.85. The monoisotopic (exact) mass is 362 g/mol. The van der Waals surface area contributed by atoms with E-state index in [1.165, 1.54) is 0 Å². The molecule has 0 aliphatic carbocycles. The molecule has 1 aromatic carbocycles. The number of anilines is 1. The SMILES string of the molecule is NC(=O)c1cc(N2CCC(Cc3ccc(=O)[nH]c3)CC2)nc2ccccc12. The van der Waals surface area contributed by atoms with E-state index < -0.39 is 5.91 Å². The van der Waals surface area contributed by atoms with Crippen LogP contribution < -0.4 is 16.2 Å². The molecule has 6 nitrogen and oxygen atoms in total. The molecule has 0 saturated carbocycles. The number of primary amides is 1. The van der Waals surface area contributed by atoms with Crippen LogP contribution >= 0.6 is 0 Å². The molecule has 0 unspecified atom stereocenters. The summed E-state index contributed by atoms with van der Waals surface area (Å²) in [5.74, 6) is 0.955. The molecule has 138 valence electrons. The summed E-state index contributed by atoms with van der Waals surface area (Å²) >= 11 is 0. The third-order valence-corrected chi connectivity index (χ3v) is 5.28. The van der Waals surface area contributed by atoms with Crippen LogP contribution in [0.1, 0.15) is 28.8 Å². The van der Waals surface area contributed by atoms with Crippen LogP contribution in [0.3, 0.4) is 0 Å². The van der Waals surface area contributed by atoms with Crippen LogP contribution in [-0.4, -0.2) is 29.0 Å². The zero-order valence-corrected chi connectivity index (χ0v) is 15.0. The Labute approximate surface area is 157 Å². The van der Waals surface area contributed by atoms with E-state index in [2.05, 4.69) is 9.88 Å². The maximum Gasteiger partial charge on any atom is 0.249 e. The van der Waals surface area contributed by atoms with Crippen LogP contribution in [0.15, 0.2) is 53.5 Å². The minimum absolute atomic E-state index is 0.0683. The Bertz CT molecular complexity index is 1020. The average Bonchev–Trinajstić information content (AvgIpc) is 2.69. The maximum atomic E-state index is 11.9. The van der Waals surface area contributed by atoms with E-state index in [1.807, 2.05) is 36.4 Å². The van der Waals surface area contributed by atoms with Crippen molar-refractivity contribution < 1.29 is 4.79 Å². The Kier molecular flexibility index (Phi) is 4.62. The van der Waals surface area contributed by atoms with Crippen molar-refractivity contribution in [2.75, 3.05) is 18.0 Å². The molecule has 3 aromatic rings. The van der Waals surface area contributed by atoms with Gasteiger partial charge < -0.3 is 15.6 Å². The van der Waals surface area contributed by atoms with E-state index in [1.54, 1.807) is 12.3 Å². The van der Waals surface area contributed by atoms with Crippen molar-refractivity contribution in [2.24, 2.45) is 11.7 Å². The van der Waals surface area contributed by atoms with Crippen LogP contribution in [0.25, 0.3) is 10.9 Å². The summed E-state index contributed by atoms with van der Waals surface area (Å²) < 4.78 is 0. The number of aromatic nitrogens is 2. The first-order valence-electron chi connectivity index (χ1n) is 9.22. The third-order valence-electron chi connectivity index (χ3n) is 5.28. The second kappa shape index (κ2) is 7.23. The van der Waals surface area contributed by atoms with Crippen LogP contribution in [0, 0.1) is 5.92 Å². The number of H-pyrrole nitrogens is 1. The molecule has 2 aromatic heterocycles. The molecular weight excluding hydrogens is 340 g/mol. The predicted molar refractivity (Wildman–Crippen MR) is 106 cm³/mol. The molecule has 0 bridgehead atoms. The van der Waals surface area contributed by atoms with Crippen molar-refractivity contribution in [2.45, 2.75) is 19.3 Å². The number of aromatic amines is 1. The Morgan fingerprint density at radius 3 is 2.67 bits per heavy atom. The van der Waals surface area contributed by atoms with Gasteiger partial charge in [-0.2, -0.15) is 0 Å². The molecule has 1 amide bonds. The van der Waals surface area contributed by atoms with Crippen molar-refractivity contribution >= 4 is 22.6 Å². The summed E-state index contributed by atoms with van der Waals surface area (Å²) in [4.78, 5) is 32.8. The molecule has 27 heavy (non-hydrogen) atoms. The largest absolute Gasteiger partial charge is 0.366 e. The number of nitrogens with zero attached hydrogens (tertiary/aromatic N) is 2. The van der Waals surface area contributed by atoms with Crippen molar-refractivity contribution in [3.05, 3.63) is 70.1 Å². The number of benzene rings is 1. The van der Waals surface area contributed by atoms with Crippen LogP contribution in [-0.2, 0) is 6.42 Å². The summed E-state index contributed by atoms with van der Waals surface area (Å²) in [5, 5.41) is 0.793. The fraction of sp³-hybridized carbons (Fsp3) is 0.286. The van der Waals surface area contributed by atoms with Gasteiger partial charge in [-0.15, -0.1) is 0 Å². The molecule has 0 spiro atoms. The molecule has 0 radical (unpaired) electrons. The highest BCUT2D eigenvalue weighted by molar-refractivity contribution is 6.06. The van der Waals surface area contributed by atoms with Crippen LogP contribution in [0.2, 0.25) is 0 Å². The standard InChI is InChI=1S/C21H22N4O2/c22-21(27)17-12-19(24-18-4-2-1-3-16(17)18)25-9-7-14(8-10-25)11-15-5-6-20(26)23-13-15/h1-6,12-14H,7-11H2,(H2,22,27)(H,23,26). The zero-order chi connectivity index (χ0) is 18.8. The number of hydrogen-bond donors (Lipinski definition) is 2. The van der Waals surface area contributed by atoms with Crippen molar-refractivity contribution in [1.82, 2.24) is 9.97 Å². The topological polar surface area (TPSA) is 92.1 Å². The van der Waals surface area contributed by atoms with Gasteiger partial charge in [0.05, 0.1) is 11.1 Å². The molecule has 0 atom stereocenters. The average molecular weight is 362 g/mol. The van der Waals surface area contributed by atoms with Gasteiger partial charge in [-0.1, -0.05) is 24.3 Å². The van der Waals surface area contributed by atoms with Gasteiger partial charge in [-0.25, -0.2) is 4.98 Å². The number of nitrogens with two attached hydrogens (primary N) is 1. The summed E-state index contributed by atoms with van der Waals surface area (Å²) in [7, 11) is 0. The minimum atomic E-state index is -0.428. The lowest BCUT2D eigenvalue weighted by molar-refractivity contribution is 0.100. The van der Waals surface area contributed by atoms with Gasteiger partial charge in [0, 0.05) is 30.7 Å². The minimum Gasteiger partial charge on any atom is -0.366 e. The number of para-hydroxylation sites is 1. The van der Waals surface area contributed by atoms with Gasteiger partial charge >= 0.3 is 0 Å². The van der Waals surface area contributed by atoms with Gasteiger partial charge in [0.25, 0.3) is 0 Å². The second-order valence-corrected chi connectivity index (χ2v) is 7.11. The quantitative estimate of drug-likeness (QED) is 0.746. The first-order valence-corrected chi connectivity index (χ1v) is 9.22. The normalized spacial score (nSPS) is 15.2. The number of hydrogen-bond acceptors (Lipinski definition) is 4. The van der Waals surface area contributed by atoms with Crippen molar-refractivity contribution in [3.63, 3.8) is 0 Å². The number of pyridine rings is 2. The zero-order valence-electron chi connectivity index (χ0n) is 15.0. The first kappa shape index (κ1) is 17.3. The highest BCUT2D eigenvalue weighted by Gasteiger charge is 2.22. The van der Waals surface area contributed by atoms with Crippen molar-refractivity contribution in [3.8, 4) is 0 Å². The highest BCUT2D eigenvalue weighted by atomic mass is 16.1. The highest BCUT2D eigenvalue weighted by Crippen LogP contribution is 2.27. The number of carbonyl (C=O) groups is 1. The number of piperidine rings is 1. The van der Waals surface area contributed by atoms with E-state index in [0.29, 0.717) is 11.5 Å². The molecule has 3 heterocycles. The molecule has 6 heteroatoms. The lowest BCUT2D eigenvalue weighted by Gasteiger charge is -2.33. The van der Waals surface area contributed by atoms with E-state index in [4.69, 9.17) is 10.7 Å². The number of rotatable bonds is 4. The molecule has 4 rings (SSSR count). The van der Waals surface area contributed by atoms with Gasteiger partial charge in [0.1, 0.15) is 5.82 Å². The maximum absolute atomic E-state index is 11.9. The molecular formula is C21H22N4O2. The van der Waals surface area contributed by atoms with Gasteiger partial charge in [-0.05, 0) is 42.9 Å². The van der Waals surface area contributed by atoms with E-state index in [0.717, 1.165) is 54.6 Å². The fourth-order valence-electron chi connectivity index (χ4n) is 3.80. The lowest BCUT2D eigenvalue weighted by Crippen LogP contribution is -2.35. The second-order valence-electron chi connectivity index (χ2n) is 7.11. The summed E-state index contributed by atoms with van der Waals surface area (Å²) in [5.41, 5.74) is 7.99. The number of amides is 1. The Morgan fingerprint density at radius 2 is 1.96 bits per heavy atom. The third kappa shape index (κ3) is 3.69. The van der Waals surface area contributed by atoms with Crippen LogP contribution in [0.5, 0.6) is 0 Å². The lowest BCUT2D eigenvalue weighted by atomic mass is 9.90. The first-order chi connectivity index (χ1) is 13.1. The van der Waals surface area contributed by atoms with E-state index >= 15 is 0 Å². The van der Waals surface area contributed by atoms with Gasteiger partial charge in [0.15, 0.2) is 0 Å². The molecule has 1 aliphatic heterocycles. The van der Waals surface area contributed by atoms with Gasteiger partial charge in [-0.3, -0.25) is 9.59 Å². The molecule has 1 aliphatic rings. The molecule has 1 fully saturated rings. The molecule has 3 N–H and O–H groups in total. The predicted octanol–water partition coefficient (Wildman–Crippen LogP) is 2.48.